The molecule has 0 spiro atoms. The van der Waals surface area contributed by atoms with Gasteiger partial charge in [-0.1, -0.05) is 0 Å². The number of hydrogen-bond acceptors (Lipinski definition) is 4. The van der Waals surface area contributed by atoms with Crippen LogP contribution in [0.1, 0.15) is 48.9 Å². The molecular formula is C15H19N3O2. The van der Waals surface area contributed by atoms with Gasteiger partial charge in [-0.15, -0.1) is 0 Å². The molecule has 2 heterocycles. The van der Waals surface area contributed by atoms with Gasteiger partial charge in [-0.2, -0.15) is 0 Å². The van der Waals surface area contributed by atoms with Gasteiger partial charge in [-0.25, -0.2) is 4.98 Å². The molecule has 5 nitrogen and oxygen atoms in total. The molecule has 0 aliphatic heterocycles. The zero-order chi connectivity index (χ0) is 14.3. The second-order valence-corrected chi connectivity index (χ2v) is 5.45. The number of nitrogens with zero attached hydrogens (tertiary/aromatic N) is 2. The molecule has 1 N–H and O–H groups in total. The summed E-state index contributed by atoms with van der Waals surface area (Å²) < 4.78 is 7.31. The highest BCUT2D eigenvalue weighted by molar-refractivity contribution is 5.37. The van der Waals surface area contributed by atoms with Crippen LogP contribution in [0.4, 0.5) is 5.82 Å². The van der Waals surface area contributed by atoms with Crippen molar-refractivity contribution in [3.05, 3.63) is 45.9 Å². The molecule has 1 unspecified atom stereocenters. The Morgan fingerprint density at radius 2 is 2.20 bits per heavy atom. The van der Waals surface area contributed by atoms with E-state index in [2.05, 4.69) is 10.3 Å². The van der Waals surface area contributed by atoms with Gasteiger partial charge in [0.1, 0.15) is 11.5 Å². The highest BCUT2D eigenvalue weighted by Crippen LogP contribution is 2.33. The van der Waals surface area contributed by atoms with Crippen LogP contribution < -0.4 is 10.9 Å². The maximum Gasteiger partial charge on any atom is 0.293 e. The highest BCUT2D eigenvalue weighted by Gasteiger charge is 2.25. The summed E-state index contributed by atoms with van der Waals surface area (Å²) in [5.41, 5.74) is 1.02. The van der Waals surface area contributed by atoms with E-state index in [0.29, 0.717) is 11.9 Å². The molecular weight excluding hydrogens is 254 g/mol. The van der Waals surface area contributed by atoms with Crippen molar-refractivity contribution >= 4 is 5.82 Å². The van der Waals surface area contributed by atoms with Gasteiger partial charge in [0, 0.05) is 24.0 Å². The van der Waals surface area contributed by atoms with Gasteiger partial charge in [0.25, 0.3) is 5.56 Å². The first-order valence-electron chi connectivity index (χ1n) is 6.97. The third-order valence-electron chi connectivity index (χ3n) is 3.71. The molecule has 0 aromatic carbocycles. The monoisotopic (exact) mass is 273 g/mol. The largest absolute Gasteiger partial charge is 0.466 e. The van der Waals surface area contributed by atoms with Crippen molar-refractivity contribution in [2.45, 2.75) is 45.7 Å². The van der Waals surface area contributed by atoms with E-state index in [0.717, 1.165) is 29.9 Å². The van der Waals surface area contributed by atoms with Crippen LogP contribution in [-0.2, 0) is 0 Å². The SMILES string of the molecule is Cc1cc(C(C)Nc2nccn(C3CC3)c2=O)c(C)o1. The summed E-state index contributed by atoms with van der Waals surface area (Å²) in [7, 11) is 0. The third-order valence-corrected chi connectivity index (χ3v) is 3.71. The Morgan fingerprint density at radius 3 is 2.80 bits per heavy atom. The minimum absolute atomic E-state index is 0.0114. The average molecular weight is 273 g/mol. The van der Waals surface area contributed by atoms with Gasteiger partial charge in [-0.3, -0.25) is 4.79 Å². The number of rotatable bonds is 4. The van der Waals surface area contributed by atoms with Crippen molar-refractivity contribution in [3.63, 3.8) is 0 Å². The maximum atomic E-state index is 12.3. The third kappa shape index (κ3) is 2.35. The summed E-state index contributed by atoms with van der Waals surface area (Å²) in [6.07, 6.45) is 5.61. The van der Waals surface area contributed by atoms with Crippen LogP contribution >= 0.6 is 0 Å². The first-order valence-corrected chi connectivity index (χ1v) is 6.97. The van der Waals surface area contributed by atoms with Gasteiger partial charge < -0.3 is 14.3 Å². The Balaban J connectivity index is 1.86. The van der Waals surface area contributed by atoms with Crippen LogP contribution in [0.2, 0.25) is 0 Å². The van der Waals surface area contributed by atoms with Gasteiger partial charge in [-0.05, 0) is 39.7 Å². The Bertz CT molecular complexity index is 683. The molecule has 2 aromatic rings. The van der Waals surface area contributed by atoms with E-state index in [1.165, 1.54) is 0 Å². The molecule has 1 atom stereocenters. The Labute approximate surface area is 117 Å². The molecule has 0 amide bonds. The molecule has 1 aliphatic rings. The zero-order valence-electron chi connectivity index (χ0n) is 12.0. The van der Waals surface area contributed by atoms with Gasteiger partial charge in [0.15, 0.2) is 5.82 Å². The lowest BCUT2D eigenvalue weighted by atomic mass is 10.1. The van der Waals surface area contributed by atoms with E-state index in [4.69, 9.17) is 4.42 Å². The molecule has 1 saturated carbocycles. The quantitative estimate of drug-likeness (QED) is 0.930. The number of aryl methyl sites for hydroxylation is 2. The highest BCUT2D eigenvalue weighted by atomic mass is 16.3. The second kappa shape index (κ2) is 4.81. The molecule has 0 bridgehead atoms. The maximum absolute atomic E-state index is 12.3. The van der Waals surface area contributed by atoms with E-state index in [-0.39, 0.29) is 11.6 Å². The number of hydrogen-bond donors (Lipinski definition) is 1. The lowest BCUT2D eigenvalue weighted by molar-refractivity contribution is 0.499. The van der Waals surface area contributed by atoms with Crippen molar-refractivity contribution < 1.29 is 4.42 Å². The van der Waals surface area contributed by atoms with Crippen LogP contribution in [0, 0.1) is 13.8 Å². The molecule has 0 saturated heterocycles. The first-order chi connectivity index (χ1) is 9.56. The van der Waals surface area contributed by atoms with Crippen LogP contribution in [0.5, 0.6) is 0 Å². The van der Waals surface area contributed by atoms with Crippen LogP contribution in [0.25, 0.3) is 0 Å². The van der Waals surface area contributed by atoms with E-state index >= 15 is 0 Å². The Kier molecular flexibility index (Phi) is 3.12. The summed E-state index contributed by atoms with van der Waals surface area (Å²) in [6, 6.07) is 2.34. The summed E-state index contributed by atoms with van der Waals surface area (Å²) in [5, 5.41) is 3.20. The van der Waals surface area contributed by atoms with Crippen LogP contribution in [0.15, 0.2) is 27.7 Å². The minimum Gasteiger partial charge on any atom is -0.466 e. The lowest BCUT2D eigenvalue weighted by Crippen LogP contribution is -2.24. The topological polar surface area (TPSA) is 60.1 Å². The summed E-state index contributed by atoms with van der Waals surface area (Å²) in [4.78, 5) is 16.5. The molecule has 5 heteroatoms. The molecule has 1 aliphatic carbocycles. The second-order valence-electron chi connectivity index (χ2n) is 5.45. The number of anilines is 1. The number of furan rings is 1. The first kappa shape index (κ1) is 13.0. The standard InChI is InChI=1S/C15H19N3O2/c1-9-8-13(11(3)20-9)10(2)17-14-15(19)18(7-6-16-14)12-4-5-12/h6-8,10,12H,4-5H2,1-3H3,(H,16,17). The van der Waals surface area contributed by atoms with Crippen molar-refractivity contribution in [1.82, 2.24) is 9.55 Å². The summed E-state index contributed by atoms with van der Waals surface area (Å²) in [5.74, 6) is 2.16. The summed E-state index contributed by atoms with van der Waals surface area (Å²) >= 11 is 0. The molecule has 2 aromatic heterocycles. The Hall–Kier alpha value is -2.04. The van der Waals surface area contributed by atoms with Crippen molar-refractivity contribution in [3.8, 4) is 0 Å². The van der Waals surface area contributed by atoms with Gasteiger partial charge >= 0.3 is 0 Å². The van der Waals surface area contributed by atoms with Crippen molar-refractivity contribution in [1.29, 1.82) is 0 Å². The number of nitrogens with one attached hydrogen (secondary N) is 1. The van der Waals surface area contributed by atoms with Gasteiger partial charge in [0.2, 0.25) is 0 Å². The van der Waals surface area contributed by atoms with Crippen molar-refractivity contribution in [2.75, 3.05) is 5.32 Å². The predicted octanol–water partition coefficient (Wildman–Crippen LogP) is 2.96. The fourth-order valence-electron chi connectivity index (χ4n) is 2.53. The fraction of sp³-hybridized carbons (Fsp3) is 0.467. The van der Waals surface area contributed by atoms with Crippen LogP contribution in [0.3, 0.4) is 0 Å². The normalized spacial score (nSPS) is 16.1. The van der Waals surface area contributed by atoms with E-state index in [1.807, 2.05) is 26.8 Å². The molecule has 20 heavy (non-hydrogen) atoms. The molecule has 1 fully saturated rings. The fourth-order valence-corrected chi connectivity index (χ4v) is 2.53. The van der Waals surface area contributed by atoms with E-state index < -0.39 is 0 Å². The zero-order valence-corrected chi connectivity index (χ0v) is 12.0. The van der Waals surface area contributed by atoms with Gasteiger partial charge in [0.05, 0.1) is 6.04 Å². The van der Waals surface area contributed by atoms with E-state index in [1.54, 1.807) is 17.0 Å². The minimum atomic E-state index is -0.0419. The lowest BCUT2D eigenvalue weighted by Gasteiger charge is -2.14. The molecule has 3 rings (SSSR count). The number of aromatic nitrogens is 2. The average Bonchev–Trinajstić information content (AvgIpc) is 3.17. The molecule has 106 valence electrons. The smallest absolute Gasteiger partial charge is 0.293 e. The summed E-state index contributed by atoms with van der Waals surface area (Å²) in [6.45, 7) is 5.86. The Morgan fingerprint density at radius 1 is 1.45 bits per heavy atom. The van der Waals surface area contributed by atoms with Crippen molar-refractivity contribution in [2.24, 2.45) is 0 Å². The molecule has 0 radical (unpaired) electrons. The predicted molar refractivity (Wildman–Crippen MR) is 77.0 cm³/mol. The van der Waals surface area contributed by atoms with E-state index in [9.17, 15) is 4.79 Å². The van der Waals surface area contributed by atoms with Crippen LogP contribution in [-0.4, -0.2) is 9.55 Å².